The van der Waals surface area contributed by atoms with E-state index >= 15 is 0 Å². The van der Waals surface area contributed by atoms with Gasteiger partial charge >= 0.3 is 0 Å². The SMILES string of the molecule is C=CC(=O)N1CC(n2nc(-c3cc4cc(C)cc(OC)c4s3)c3c(N)ncnc32)C1. The molecule has 8 nitrogen and oxygen atoms in total. The number of hydrogen-bond donors (Lipinski definition) is 1. The number of carbonyl (C=O) groups excluding carboxylic acids is 1. The van der Waals surface area contributed by atoms with Gasteiger partial charge in [0, 0.05) is 13.1 Å². The molecule has 2 N–H and O–H groups in total. The van der Waals surface area contributed by atoms with Gasteiger partial charge in [-0.15, -0.1) is 11.3 Å². The van der Waals surface area contributed by atoms with Crippen LogP contribution in [0.5, 0.6) is 5.75 Å². The summed E-state index contributed by atoms with van der Waals surface area (Å²) in [4.78, 5) is 23.2. The van der Waals surface area contributed by atoms with E-state index in [1.54, 1.807) is 23.3 Å². The maximum Gasteiger partial charge on any atom is 0.246 e. The van der Waals surface area contributed by atoms with Crippen LogP contribution in [0.25, 0.3) is 31.7 Å². The lowest BCUT2D eigenvalue weighted by Gasteiger charge is -2.38. The van der Waals surface area contributed by atoms with Crippen molar-refractivity contribution in [1.82, 2.24) is 24.6 Å². The van der Waals surface area contributed by atoms with Crippen LogP contribution in [0.1, 0.15) is 11.6 Å². The lowest BCUT2D eigenvalue weighted by atomic mass is 10.1. The summed E-state index contributed by atoms with van der Waals surface area (Å²) in [6, 6.07) is 6.28. The summed E-state index contributed by atoms with van der Waals surface area (Å²) in [6.45, 7) is 6.71. The van der Waals surface area contributed by atoms with Gasteiger partial charge in [0.2, 0.25) is 5.91 Å². The smallest absolute Gasteiger partial charge is 0.246 e. The topological polar surface area (TPSA) is 99.2 Å². The molecule has 0 aliphatic carbocycles. The predicted molar refractivity (Wildman–Crippen MR) is 118 cm³/mol. The molecule has 0 unspecified atom stereocenters. The van der Waals surface area contributed by atoms with Gasteiger partial charge in [-0.1, -0.05) is 12.6 Å². The van der Waals surface area contributed by atoms with E-state index < -0.39 is 0 Å². The van der Waals surface area contributed by atoms with Gasteiger partial charge in [0.05, 0.1) is 28.1 Å². The van der Waals surface area contributed by atoms with Crippen molar-refractivity contribution < 1.29 is 9.53 Å². The second-order valence-electron chi connectivity index (χ2n) is 7.35. The lowest BCUT2D eigenvalue weighted by molar-refractivity contribution is -0.131. The number of aryl methyl sites for hydroxylation is 1. The van der Waals surface area contributed by atoms with E-state index in [1.807, 2.05) is 17.7 Å². The molecule has 30 heavy (non-hydrogen) atoms. The quantitative estimate of drug-likeness (QED) is 0.509. The van der Waals surface area contributed by atoms with Crippen LogP contribution in [0.15, 0.2) is 37.2 Å². The number of fused-ring (bicyclic) bond motifs is 2. The highest BCUT2D eigenvalue weighted by molar-refractivity contribution is 7.22. The zero-order valence-electron chi connectivity index (χ0n) is 16.6. The van der Waals surface area contributed by atoms with Gasteiger partial charge in [0.15, 0.2) is 5.65 Å². The zero-order chi connectivity index (χ0) is 21.0. The normalized spacial score (nSPS) is 14.3. The summed E-state index contributed by atoms with van der Waals surface area (Å²) < 4.78 is 8.49. The second kappa shape index (κ2) is 6.81. The maximum absolute atomic E-state index is 11.8. The van der Waals surface area contributed by atoms with Gasteiger partial charge in [-0.3, -0.25) is 4.79 Å². The molecule has 3 aromatic heterocycles. The number of likely N-dealkylation sites (tertiary alicyclic amines) is 1. The second-order valence-corrected chi connectivity index (χ2v) is 8.40. The van der Waals surface area contributed by atoms with Crippen LogP contribution >= 0.6 is 11.3 Å². The molecule has 1 saturated heterocycles. The van der Waals surface area contributed by atoms with Gasteiger partial charge in [-0.25, -0.2) is 14.6 Å². The largest absolute Gasteiger partial charge is 0.495 e. The number of carbonyl (C=O) groups is 1. The Labute approximate surface area is 176 Å². The van der Waals surface area contributed by atoms with Gasteiger partial charge in [-0.05, 0) is 36.1 Å². The van der Waals surface area contributed by atoms with Crippen LogP contribution in [0.3, 0.4) is 0 Å². The summed E-state index contributed by atoms with van der Waals surface area (Å²) in [7, 11) is 1.68. The van der Waals surface area contributed by atoms with Crippen LogP contribution in [-0.2, 0) is 4.79 Å². The van der Waals surface area contributed by atoms with Gasteiger partial charge < -0.3 is 15.4 Å². The van der Waals surface area contributed by atoms with Crippen LogP contribution < -0.4 is 10.5 Å². The fourth-order valence-electron chi connectivity index (χ4n) is 3.87. The number of hydrogen-bond acceptors (Lipinski definition) is 7. The van der Waals surface area contributed by atoms with Gasteiger partial charge in [0.25, 0.3) is 0 Å². The van der Waals surface area contributed by atoms with Crippen molar-refractivity contribution in [3.63, 3.8) is 0 Å². The molecule has 0 bridgehead atoms. The fourth-order valence-corrected chi connectivity index (χ4v) is 5.00. The Balaban J connectivity index is 1.65. The van der Waals surface area contributed by atoms with Crippen molar-refractivity contribution in [2.24, 2.45) is 0 Å². The predicted octanol–water partition coefficient (Wildman–Crippen LogP) is 3.18. The highest BCUT2D eigenvalue weighted by atomic mass is 32.1. The number of nitrogens with zero attached hydrogens (tertiary/aromatic N) is 5. The monoisotopic (exact) mass is 420 g/mol. The third kappa shape index (κ3) is 2.73. The summed E-state index contributed by atoms with van der Waals surface area (Å²) in [5, 5.41) is 6.70. The minimum Gasteiger partial charge on any atom is -0.495 e. The van der Waals surface area contributed by atoms with Crippen molar-refractivity contribution in [2.45, 2.75) is 13.0 Å². The Morgan fingerprint density at radius 3 is 2.87 bits per heavy atom. The van der Waals surface area contributed by atoms with Crippen LogP contribution in [0, 0.1) is 6.92 Å². The molecule has 5 rings (SSSR count). The summed E-state index contributed by atoms with van der Waals surface area (Å²) in [5.74, 6) is 1.15. The average Bonchev–Trinajstić information content (AvgIpc) is 3.28. The molecule has 1 fully saturated rings. The number of nitrogens with two attached hydrogens (primary N) is 1. The van der Waals surface area contributed by atoms with Crippen LogP contribution in [0.4, 0.5) is 5.82 Å². The van der Waals surface area contributed by atoms with E-state index in [-0.39, 0.29) is 11.9 Å². The summed E-state index contributed by atoms with van der Waals surface area (Å²) >= 11 is 1.60. The molecule has 1 aromatic carbocycles. The number of rotatable bonds is 4. The standard InChI is InChI=1S/C21H20N6O2S/c1-4-16(28)26-8-13(9-26)27-21-17(20(22)23-10-24-21)18(25-27)15-7-12-5-11(2)6-14(29-3)19(12)30-15/h4-7,10,13H,1,8-9H2,2-3H3,(H2,22,23,24). The Kier molecular flexibility index (Phi) is 4.21. The molecule has 1 aliphatic heterocycles. The summed E-state index contributed by atoms with van der Waals surface area (Å²) in [6.07, 6.45) is 2.78. The molecule has 9 heteroatoms. The van der Waals surface area contributed by atoms with E-state index in [0.29, 0.717) is 24.6 Å². The van der Waals surface area contributed by atoms with Gasteiger partial charge in [-0.2, -0.15) is 5.10 Å². The summed E-state index contributed by atoms with van der Waals surface area (Å²) in [5.41, 5.74) is 8.79. The van der Waals surface area contributed by atoms with E-state index in [2.05, 4.69) is 28.7 Å². The number of aromatic nitrogens is 4. The Morgan fingerprint density at radius 2 is 2.13 bits per heavy atom. The molecule has 152 valence electrons. The molecule has 4 heterocycles. The van der Waals surface area contributed by atoms with E-state index in [4.69, 9.17) is 15.6 Å². The number of anilines is 1. The number of benzene rings is 1. The molecule has 0 atom stereocenters. The third-order valence-electron chi connectivity index (χ3n) is 5.39. The van der Waals surface area contributed by atoms with Crippen molar-refractivity contribution >= 4 is 44.2 Å². The number of nitrogen functional groups attached to an aromatic ring is 1. The number of ether oxygens (including phenoxy) is 1. The molecular formula is C21H20N6O2S. The Bertz CT molecular complexity index is 1320. The molecule has 4 aromatic rings. The van der Waals surface area contributed by atoms with Crippen molar-refractivity contribution in [1.29, 1.82) is 0 Å². The Hall–Kier alpha value is -3.46. The van der Waals surface area contributed by atoms with Crippen LogP contribution in [0.2, 0.25) is 0 Å². The zero-order valence-corrected chi connectivity index (χ0v) is 17.4. The Morgan fingerprint density at radius 1 is 1.33 bits per heavy atom. The maximum atomic E-state index is 11.8. The first kappa shape index (κ1) is 18.6. The first-order valence-electron chi connectivity index (χ1n) is 9.48. The first-order chi connectivity index (χ1) is 14.5. The molecule has 0 radical (unpaired) electrons. The minimum atomic E-state index is -0.0796. The highest BCUT2D eigenvalue weighted by Gasteiger charge is 2.34. The minimum absolute atomic E-state index is 0.0330. The molecule has 1 amide bonds. The number of amides is 1. The lowest BCUT2D eigenvalue weighted by Crippen LogP contribution is -2.50. The number of thiophene rings is 1. The molecule has 0 spiro atoms. The molecular weight excluding hydrogens is 400 g/mol. The van der Waals surface area contributed by atoms with Crippen molar-refractivity contribution in [3.05, 3.63) is 42.7 Å². The van der Waals surface area contributed by atoms with Crippen LogP contribution in [-0.4, -0.2) is 50.8 Å². The highest BCUT2D eigenvalue weighted by Crippen LogP contribution is 2.42. The van der Waals surface area contributed by atoms with Gasteiger partial charge in [0.1, 0.15) is 23.6 Å². The molecule has 1 aliphatic rings. The van der Waals surface area contributed by atoms with Crippen molar-refractivity contribution in [3.8, 4) is 16.3 Å². The fraction of sp³-hybridized carbons (Fsp3) is 0.238. The third-order valence-corrected chi connectivity index (χ3v) is 6.56. The van der Waals surface area contributed by atoms with Crippen molar-refractivity contribution in [2.75, 3.05) is 25.9 Å². The molecule has 0 saturated carbocycles. The number of methoxy groups -OCH3 is 1. The van der Waals surface area contributed by atoms with E-state index in [1.165, 1.54) is 12.4 Å². The average molecular weight is 420 g/mol. The first-order valence-corrected chi connectivity index (χ1v) is 10.3. The van der Waals surface area contributed by atoms with E-state index in [9.17, 15) is 4.79 Å². The van der Waals surface area contributed by atoms with E-state index in [0.717, 1.165) is 37.4 Å².